The molecule has 6 rings (SSSR count). The van der Waals surface area contributed by atoms with Crippen LogP contribution in [0.2, 0.25) is 0 Å². The number of carbonyl (C=O) groups excluding carboxylic acids is 1. The Balaban J connectivity index is 1.46. The Morgan fingerprint density at radius 1 is 1.10 bits per heavy atom. The molecule has 0 saturated carbocycles. The Morgan fingerprint density at radius 2 is 1.93 bits per heavy atom. The molecule has 0 aliphatic rings. The van der Waals surface area contributed by atoms with Crippen LogP contribution in [0.15, 0.2) is 83.2 Å². The van der Waals surface area contributed by atoms with Gasteiger partial charge in [-0.25, -0.2) is 14.5 Å². The SMILES string of the molecule is Cc1nc(/C=C/c2cccc3cc([C@@H](C)NC(=O)c4c(N)nn5cccnc45)n(-c4ccccc4)c(=O)c23)cs1. The lowest BCUT2D eigenvalue weighted by molar-refractivity contribution is 0.0941. The zero-order valence-corrected chi connectivity index (χ0v) is 22.6. The van der Waals surface area contributed by atoms with Gasteiger partial charge >= 0.3 is 0 Å². The molecule has 0 unspecified atom stereocenters. The summed E-state index contributed by atoms with van der Waals surface area (Å²) in [5.74, 6) is -0.352. The molecule has 6 aromatic rings. The summed E-state index contributed by atoms with van der Waals surface area (Å²) in [4.78, 5) is 36.4. The topological polar surface area (TPSA) is 120 Å². The number of pyridine rings is 1. The highest BCUT2D eigenvalue weighted by atomic mass is 32.1. The molecule has 0 saturated heterocycles. The van der Waals surface area contributed by atoms with Crippen molar-refractivity contribution in [3.8, 4) is 5.69 Å². The first kappa shape index (κ1) is 25.2. The number of nitrogens with two attached hydrogens (primary N) is 1. The molecule has 198 valence electrons. The van der Waals surface area contributed by atoms with Gasteiger partial charge in [-0.1, -0.05) is 42.5 Å². The van der Waals surface area contributed by atoms with Gasteiger partial charge in [0.25, 0.3) is 11.5 Å². The van der Waals surface area contributed by atoms with Crippen LogP contribution in [-0.2, 0) is 0 Å². The normalized spacial score (nSPS) is 12.3. The second-order valence-corrected chi connectivity index (χ2v) is 10.4. The van der Waals surface area contributed by atoms with E-state index in [0.717, 1.165) is 21.7 Å². The molecule has 0 radical (unpaired) electrons. The lowest BCUT2D eigenvalue weighted by Gasteiger charge is -2.21. The zero-order valence-electron chi connectivity index (χ0n) is 21.8. The van der Waals surface area contributed by atoms with Gasteiger partial charge in [0.15, 0.2) is 11.5 Å². The van der Waals surface area contributed by atoms with Crippen LogP contribution < -0.4 is 16.6 Å². The van der Waals surface area contributed by atoms with Crippen molar-refractivity contribution in [1.29, 1.82) is 0 Å². The van der Waals surface area contributed by atoms with Gasteiger partial charge in [0.2, 0.25) is 0 Å². The molecule has 10 heteroatoms. The van der Waals surface area contributed by atoms with E-state index in [0.29, 0.717) is 22.4 Å². The molecule has 9 nitrogen and oxygen atoms in total. The summed E-state index contributed by atoms with van der Waals surface area (Å²) in [6.45, 7) is 3.79. The summed E-state index contributed by atoms with van der Waals surface area (Å²) >= 11 is 1.58. The van der Waals surface area contributed by atoms with Gasteiger partial charge < -0.3 is 11.1 Å². The van der Waals surface area contributed by atoms with E-state index in [1.54, 1.807) is 34.4 Å². The first-order chi connectivity index (χ1) is 19.4. The van der Waals surface area contributed by atoms with Gasteiger partial charge in [0.1, 0.15) is 5.56 Å². The van der Waals surface area contributed by atoms with Crippen LogP contribution in [0, 0.1) is 6.92 Å². The van der Waals surface area contributed by atoms with Crippen molar-refractivity contribution in [3.63, 3.8) is 0 Å². The molecule has 3 N–H and O–H groups in total. The number of benzene rings is 2. The molecule has 0 aliphatic carbocycles. The molecule has 1 amide bonds. The Kier molecular flexibility index (Phi) is 6.45. The van der Waals surface area contributed by atoms with Crippen LogP contribution in [0.1, 0.15) is 45.3 Å². The number of nitrogen functional groups attached to an aromatic ring is 1. The van der Waals surface area contributed by atoms with E-state index in [1.807, 2.05) is 86.0 Å². The maximum atomic E-state index is 14.2. The van der Waals surface area contributed by atoms with Crippen LogP contribution in [0.4, 0.5) is 5.82 Å². The number of aryl methyl sites for hydroxylation is 1. The monoisotopic (exact) mass is 547 g/mol. The van der Waals surface area contributed by atoms with Gasteiger partial charge in [-0.15, -0.1) is 16.4 Å². The van der Waals surface area contributed by atoms with E-state index in [-0.39, 0.29) is 16.9 Å². The van der Waals surface area contributed by atoms with Crippen molar-refractivity contribution in [1.82, 2.24) is 29.5 Å². The fourth-order valence-corrected chi connectivity index (χ4v) is 5.39. The molecule has 0 fully saturated rings. The number of para-hydroxylation sites is 1. The van der Waals surface area contributed by atoms with Gasteiger partial charge in [0.05, 0.1) is 22.1 Å². The molecule has 4 aromatic heterocycles. The Bertz CT molecular complexity index is 1970. The number of hydrogen-bond acceptors (Lipinski definition) is 7. The number of amides is 1. The average molecular weight is 548 g/mol. The Hall–Kier alpha value is -5.09. The largest absolute Gasteiger partial charge is 0.381 e. The first-order valence-corrected chi connectivity index (χ1v) is 13.5. The molecule has 0 spiro atoms. The second-order valence-electron chi connectivity index (χ2n) is 9.32. The number of nitrogens with one attached hydrogen (secondary N) is 1. The quantitative estimate of drug-likeness (QED) is 0.301. The predicted octanol–water partition coefficient (Wildman–Crippen LogP) is 5.04. The van der Waals surface area contributed by atoms with E-state index in [9.17, 15) is 9.59 Å². The van der Waals surface area contributed by atoms with Crippen molar-refractivity contribution < 1.29 is 4.79 Å². The predicted molar refractivity (Wildman–Crippen MR) is 159 cm³/mol. The van der Waals surface area contributed by atoms with Crippen LogP contribution in [0.5, 0.6) is 0 Å². The minimum Gasteiger partial charge on any atom is -0.381 e. The smallest absolute Gasteiger partial charge is 0.263 e. The van der Waals surface area contributed by atoms with Crippen LogP contribution in [-0.4, -0.2) is 30.1 Å². The van der Waals surface area contributed by atoms with Crippen molar-refractivity contribution in [2.24, 2.45) is 0 Å². The molecule has 0 bridgehead atoms. The number of thiazole rings is 1. The van der Waals surface area contributed by atoms with Crippen molar-refractivity contribution >= 4 is 51.6 Å². The molecule has 40 heavy (non-hydrogen) atoms. The van der Waals surface area contributed by atoms with Crippen LogP contribution in [0.25, 0.3) is 34.3 Å². The van der Waals surface area contributed by atoms with Crippen LogP contribution >= 0.6 is 11.3 Å². The summed E-state index contributed by atoms with van der Waals surface area (Å²) in [6, 6.07) is 18.2. The lowest BCUT2D eigenvalue weighted by atomic mass is 10.0. The highest BCUT2D eigenvalue weighted by molar-refractivity contribution is 7.09. The van der Waals surface area contributed by atoms with E-state index >= 15 is 0 Å². The average Bonchev–Trinajstić information content (AvgIpc) is 3.53. The van der Waals surface area contributed by atoms with Gasteiger partial charge in [-0.05, 0) is 55.1 Å². The number of fused-ring (bicyclic) bond motifs is 2. The summed E-state index contributed by atoms with van der Waals surface area (Å²) in [5, 5.41) is 11.5. The van der Waals surface area contributed by atoms with E-state index in [1.165, 1.54) is 4.52 Å². The third kappa shape index (κ3) is 4.54. The highest BCUT2D eigenvalue weighted by Gasteiger charge is 2.23. The number of aromatic nitrogens is 5. The van der Waals surface area contributed by atoms with Gasteiger partial charge in [0, 0.05) is 29.2 Å². The summed E-state index contributed by atoms with van der Waals surface area (Å²) in [6.07, 6.45) is 7.08. The number of rotatable bonds is 6. The maximum absolute atomic E-state index is 14.2. The highest BCUT2D eigenvalue weighted by Crippen LogP contribution is 2.25. The summed E-state index contributed by atoms with van der Waals surface area (Å²) in [7, 11) is 0. The number of hydrogen-bond donors (Lipinski definition) is 2. The van der Waals surface area contributed by atoms with E-state index in [4.69, 9.17) is 5.73 Å². The molecule has 0 aliphatic heterocycles. The standard InChI is InChI=1S/C30H25N7O2S/c1-18(33-29(38)26-27(31)35-36-15-7-14-32-28(26)36)24-16-21-9-6-8-20(12-13-22-17-40-19(2)34-22)25(21)30(39)37(24)23-10-4-3-5-11-23/h3-18H,1-2H3,(H2,31,35)(H,33,38)/b13-12+/t18-/m1/s1. The minimum atomic E-state index is -0.556. The molecular formula is C30H25N7O2S. The van der Waals surface area contributed by atoms with Crippen LogP contribution in [0.3, 0.4) is 0 Å². The Labute approximate surface area is 233 Å². The number of anilines is 1. The van der Waals surface area contributed by atoms with E-state index in [2.05, 4.69) is 20.4 Å². The van der Waals surface area contributed by atoms with Crippen molar-refractivity contribution in [3.05, 3.63) is 116 Å². The van der Waals surface area contributed by atoms with Crippen molar-refractivity contribution in [2.75, 3.05) is 5.73 Å². The fourth-order valence-electron chi connectivity index (χ4n) is 4.81. The zero-order chi connectivity index (χ0) is 27.8. The number of nitrogens with zero attached hydrogens (tertiary/aromatic N) is 5. The van der Waals surface area contributed by atoms with Gasteiger partial charge in [-0.3, -0.25) is 14.2 Å². The molecular weight excluding hydrogens is 522 g/mol. The minimum absolute atomic E-state index is 0.0779. The third-order valence-electron chi connectivity index (χ3n) is 6.63. The fraction of sp³-hybridized carbons (Fsp3) is 0.100. The molecule has 4 heterocycles. The lowest BCUT2D eigenvalue weighted by Crippen LogP contribution is -2.32. The van der Waals surface area contributed by atoms with E-state index < -0.39 is 11.9 Å². The third-order valence-corrected chi connectivity index (χ3v) is 7.42. The van der Waals surface area contributed by atoms with Gasteiger partial charge in [-0.2, -0.15) is 0 Å². The number of carbonyl (C=O) groups is 1. The first-order valence-electron chi connectivity index (χ1n) is 12.6. The second kappa shape index (κ2) is 10.2. The van der Waals surface area contributed by atoms with Crippen molar-refractivity contribution in [2.45, 2.75) is 19.9 Å². The maximum Gasteiger partial charge on any atom is 0.263 e. The summed E-state index contributed by atoms with van der Waals surface area (Å²) < 4.78 is 3.11. The molecule has 1 atom stereocenters. The molecule has 2 aromatic carbocycles. The Morgan fingerprint density at radius 3 is 2.70 bits per heavy atom. The summed E-state index contributed by atoms with van der Waals surface area (Å²) in [5.41, 5.74) is 9.37.